The summed E-state index contributed by atoms with van der Waals surface area (Å²) in [4.78, 5) is 5.85. The number of benzene rings is 1. The van der Waals surface area contributed by atoms with Crippen LogP contribution in [0.1, 0.15) is 12.0 Å². The lowest BCUT2D eigenvalue weighted by atomic mass is 10.0. The monoisotopic (exact) mass is 361 g/mol. The Bertz CT molecular complexity index is 838. The standard InChI is InChI=1S/C18H17ClFN3O2/c1-24-13-3-4-23(10-13)12-5-11(6-14(7-12)25-2)17-15(8-21)18(19)22-9-16(17)20/h5-7,9,13H,3-4,10H2,1-2H3. The highest BCUT2D eigenvalue weighted by Crippen LogP contribution is 2.36. The van der Waals surface area contributed by atoms with Gasteiger partial charge in [-0.1, -0.05) is 11.6 Å². The van der Waals surface area contributed by atoms with E-state index >= 15 is 0 Å². The van der Waals surface area contributed by atoms with Gasteiger partial charge in [0.2, 0.25) is 0 Å². The van der Waals surface area contributed by atoms with Gasteiger partial charge in [-0.25, -0.2) is 9.37 Å². The minimum atomic E-state index is -0.601. The summed E-state index contributed by atoms with van der Waals surface area (Å²) in [5.41, 5.74) is 1.54. The van der Waals surface area contributed by atoms with Crippen LogP contribution in [0.25, 0.3) is 11.1 Å². The number of anilines is 1. The molecule has 1 saturated heterocycles. The first-order chi connectivity index (χ1) is 12.1. The molecule has 130 valence electrons. The number of ether oxygens (including phenoxy) is 2. The van der Waals surface area contributed by atoms with Crippen LogP contribution in [0.3, 0.4) is 0 Å². The third kappa shape index (κ3) is 3.39. The second kappa shape index (κ2) is 7.26. The van der Waals surface area contributed by atoms with Crippen LogP contribution in [-0.4, -0.2) is 38.4 Å². The lowest BCUT2D eigenvalue weighted by molar-refractivity contribution is 0.121. The quantitative estimate of drug-likeness (QED) is 0.778. The highest BCUT2D eigenvalue weighted by atomic mass is 35.5. The van der Waals surface area contributed by atoms with E-state index in [0.29, 0.717) is 11.3 Å². The molecule has 1 unspecified atom stereocenters. The number of halogens is 2. The normalized spacial score (nSPS) is 16.8. The molecule has 7 heteroatoms. The Hall–Kier alpha value is -2.36. The maximum atomic E-state index is 14.4. The van der Waals surface area contributed by atoms with E-state index in [1.165, 1.54) is 0 Å². The Morgan fingerprint density at radius 2 is 2.16 bits per heavy atom. The van der Waals surface area contributed by atoms with Crippen LogP contribution in [0.2, 0.25) is 5.15 Å². The van der Waals surface area contributed by atoms with Crippen LogP contribution in [0.5, 0.6) is 5.75 Å². The summed E-state index contributed by atoms with van der Waals surface area (Å²) in [6, 6.07) is 7.33. The van der Waals surface area contributed by atoms with Crippen molar-refractivity contribution in [2.75, 3.05) is 32.2 Å². The molecule has 0 saturated carbocycles. The Kier molecular flexibility index (Phi) is 5.07. The molecule has 1 aliphatic rings. The summed E-state index contributed by atoms with van der Waals surface area (Å²) >= 11 is 5.97. The van der Waals surface area contributed by atoms with E-state index in [0.717, 1.165) is 31.4 Å². The SMILES string of the molecule is COc1cc(-c2c(F)cnc(Cl)c2C#N)cc(N2CCC(OC)C2)c1. The van der Waals surface area contributed by atoms with Crippen molar-refractivity contribution in [2.45, 2.75) is 12.5 Å². The largest absolute Gasteiger partial charge is 0.497 e. The van der Waals surface area contributed by atoms with E-state index in [1.807, 2.05) is 18.2 Å². The van der Waals surface area contributed by atoms with Crippen molar-refractivity contribution in [1.82, 2.24) is 4.98 Å². The molecule has 25 heavy (non-hydrogen) atoms. The van der Waals surface area contributed by atoms with Gasteiger partial charge in [-0.3, -0.25) is 0 Å². The molecule has 0 N–H and O–H groups in total. The van der Waals surface area contributed by atoms with Gasteiger partial charge < -0.3 is 14.4 Å². The second-order valence-corrected chi connectivity index (χ2v) is 6.13. The number of hydrogen-bond acceptors (Lipinski definition) is 5. The number of pyridine rings is 1. The third-order valence-electron chi connectivity index (χ3n) is 4.36. The summed E-state index contributed by atoms with van der Waals surface area (Å²) in [6.07, 6.45) is 2.10. The minimum absolute atomic E-state index is 0.0112. The molecule has 0 radical (unpaired) electrons. The van der Waals surface area contributed by atoms with Crippen molar-refractivity contribution >= 4 is 17.3 Å². The zero-order chi connectivity index (χ0) is 18.0. The van der Waals surface area contributed by atoms with Crippen LogP contribution in [-0.2, 0) is 4.74 Å². The lowest BCUT2D eigenvalue weighted by Gasteiger charge is -2.21. The molecule has 0 aliphatic carbocycles. The first-order valence-electron chi connectivity index (χ1n) is 7.78. The fourth-order valence-corrected chi connectivity index (χ4v) is 3.22. The first-order valence-corrected chi connectivity index (χ1v) is 8.16. The highest BCUT2D eigenvalue weighted by Gasteiger charge is 2.24. The molecule has 5 nitrogen and oxygen atoms in total. The molecule has 0 bridgehead atoms. The second-order valence-electron chi connectivity index (χ2n) is 5.77. The van der Waals surface area contributed by atoms with E-state index in [4.69, 9.17) is 21.1 Å². The fourth-order valence-electron chi connectivity index (χ4n) is 3.03. The smallest absolute Gasteiger partial charge is 0.150 e. The van der Waals surface area contributed by atoms with Crippen LogP contribution in [0.4, 0.5) is 10.1 Å². The molecule has 3 rings (SSSR count). The van der Waals surface area contributed by atoms with Gasteiger partial charge in [-0.2, -0.15) is 5.26 Å². The van der Waals surface area contributed by atoms with Crippen LogP contribution in [0, 0.1) is 17.1 Å². The van der Waals surface area contributed by atoms with E-state index in [-0.39, 0.29) is 22.4 Å². The summed E-state index contributed by atoms with van der Waals surface area (Å²) in [5.74, 6) is -0.0269. The topological polar surface area (TPSA) is 58.4 Å². The van der Waals surface area contributed by atoms with Crippen LogP contribution < -0.4 is 9.64 Å². The molecule has 0 spiro atoms. The molecule has 2 aromatic rings. The molecule has 1 aromatic heterocycles. The Morgan fingerprint density at radius 1 is 1.36 bits per heavy atom. The van der Waals surface area contributed by atoms with Crippen molar-refractivity contribution in [3.63, 3.8) is 0 Å². The molecule has 1 aliphatic heterocycles. The van der Waals surface area contributed by atoms with Crippen molar-refractivity contribution in [2.24, 2.45) is 0 Å². The molecule has 1 atom stereocenters. The maximum Gasteiger partial charge on any atom is 0.150 e. The molecular formula is C18H17ClFN3O2. The Labute approximate surface area is 150 Å². The number of nitrogens with zero attached hydrogens (tertiary/aromatic N) is 3. The van der Waals surface area contributed by atoms with Crippen molar-refractivity contribution in [3.05, 3.63) is 40.9 Å². The lowest BCUT2D eigenvalue weighted by Crippen LogP contribution is -2.22. The fraction of sp³-hybridized carbons (Fsp3) is 0.333. The summed E-state index contributed by atoms with van der Waals surface area (Å²) in [7, 11) is 3.24. The van der Waals surface area contributed by atoms with Crippen molar-refractivity contribution < 1.29 is 13.9 Å². The Morgan fingerprint density at radius 3 is 2.80 bits per heavy atom. The number of rotatable bonds is 4. The van der Waals surface area contributed by atoms with Gasteiger partial charge in [0, 0.05) is 37.5 Å². The zero-order valence-corrected chi connectivity index (χ0v) is 14.7. The third-order valence-corrected chi connectivity index (χ3v) is 4.64. The van der Waals surface area contributed by atoms with Gasteiger partial charge in [0.25, 0.3) is 0 Å². The van der Waals surface area contributed by atoms with Gasteiger partial charge in [0.05, 0.1) is 19.4 Å². The maximum absolute atomic E-state index is 14.4. The summed E-state index contributed by atoms with van der Waals surface area (Å²) in [6.45, 7) is 1.57. The summed E-state index contributed by atoms with van der Waals surface area (Å²) in [5, 5.41) is 9.34. The molecule has 1 aromatic carbocycles. The molecule has 1 fully saturated rings. The average molecular weight is 362 g/mol. The van der Waals surface area contributed by atoms with Gasteiger partial charge in [-0.05, 0) is 24.1 Å². The van der Waals surface area contributed by atoms with Gasteiger partial charge in [0.15, 0.2) is 5.82 Å². The number of hydrogen-bond donors (Lipinski definition) is 0. The van der Waals surface area contributed by atoms with Crippen LogP contribution in [0.15, 0.2) is 24.4 Å². The predicted molar refractivity (Wildman–Crippen MR) is 93.5 cm³/mol. The highest BCUT2D eigenvalue weighted by molar-refractivity contribution is 6.31. The molecular weight excluding hydrogens is 345 g/mol. The molecule has 0 amide bonds. The predicted octanol–water partition coefficient (Wildman–Crippen LogP) is 3.65. The number of aromatic nitrogens is 1. The van der Waals surface area contributed by atoms with E-state index < -0.39 is 5.82 Å². The Balaban J connectivity index is 2.11. The van der Waals surface area contributed by atoms with E-state index in [1.54, 1.807) is 20.3 Å². The summed E-state index contributed by atoms with van der Waals surface area (Å²) < 4.78 is 25.2. The van der Waals surface area contributed by atoms with Gasteiger partial charge in [-0.15, -0.1) is 0 Å². The molecule has 2 heterocycles. The average Bonchev–Trinajstić information content (AvgIpc) is 3.12. The van der Waals surface area contributed by atoms with Crippen molar-refractivity contribution in [1.29, 1.82) is 5.26 Å². The zero-order valence-electron chi connectivity index (χ0n) is 13.9. The first kappa shape index (κ1) is 17.5. The number of nitriles is 1. The van der Waals surface area contributed by atoms with Gasteiger partial charge >= 0.3 is 0 Å². The van der Waals surface area contributed by atoms with E-state index in [2.05, 4.69) is 9.88 Å². The minimum Gasteiger partial charge on any atom is -0.497 e. The van der Waals surface area contributed by atoms with E-state index in [9.17, 15) is 9.65 Å². The van der Waals surface area contributed by atoms with Gasteiger partial charge in [0.1, 0.15) is 22.5 Å². The van der Waals surface area contributed by atoms with Crippen LogP contribution >= 0.6 is 11.6 Å². The number of methoxy groups -OCH3 is 2. The van der Waals surface area contributed by atoms with Crippen molar-refractivity contribution in [3.8, 4) is 22.9 Å².